The van der Waals surface area contributed by atoms with Crippen LogP contribution in [0, 0.1) is 0 Å². The number of carbonyl (C=O) groups excluding carboxylic acids is 2. The Hall–Kier alpha value is -3.24. The summed E-state index contributed by atoms with van der Waals surface area (Å²) >= 11 is 6.65. The summed E-state index contributed by atoms with van der Waals surface area (Å²) in [5.41, 5.74) is 8.27. The molecular weight excluding hydrogens is 532 g/mol. The highest BCUT2D eigenvalue weighted by molar-refractivity contribution is 6.31. The third-order valence-corrected chi connectivity index (χ3v) is 7.82. The van der Waals surface area contributed by atoms with Crippen molar-refractivity contribution in [3.63, 3.8) is 0 Å². The summed E-state index contributed by atoms with van der Waals surface area (Å²) in [6.45, 7) is 6.58. The molecule has 0 unspecified atom stereocenters. The van der Waals surface area contributed by atoms with Crippen LogP contribution in [0.1, 0.15) is 43.7 Å². The van der Waals surface area contributed by atoms with Crippen molar-refractivity contribution >= 4 is 23.5 Å². The number of nitrogens with one attached hydrogen (secondary N) is 1. The number of nitrogens with zero attached hydrogens (tertiary/aromatic N) is 2. The number of carbonyl (C=O) groups is 2. The average molecular weight is 569 g/mol. The Morgan fingerprint density at radius 3 is 2.67 bits per heavy atom. The average Bonchev–Trinajstić information content (AvgIpc) is 3.35. The van der Waals surface area contributed by atoms with Crippen molar-refractivity contribution in [1.29, 1.82) is 0 Å². The fourth-order valence-electron chi connectivity index (χ4n) is 5.42. The number of hydrogen-bond acceptors (Lipinski definition) is 9. The molecule has 9 nitrogen and oxygen atoms in total. The zero-order valence-corrected chi connectivity index (χ0v) is 24.0. The fourth-order valence-corrected chi connectivity index (χ4v) is 5.66. The second kappa shape index (κ2) is 13.4. The first-order chi connectivity index (χ1) is 19.3. The number of ether oxygens (including phenoxy) is 3. The molecule has 1 aromatic heterocycles. The Morgan fingerprint density at radius 2 is 2.00 bits per heavy atom. The van der Waals surface area contributed by atoms with E-state index in [0.29, 0.717) is 66.6 Å². The molecule has 40 heavy (non-hydrogen) atoms. The number of esters is 2. The monoisotopic (exact) mass is 568 g/mol. The second-order valence-corrected chi connectivity index (χ2v) is 10.5. The van der Waals surface area contributed by atoms with Crippen molar-refractivity contribution in [2.75, 3.05) is 40.0 Å². The molecule has 0 aliphatic carbocycles. The first-order valence-electron chi connectivity index (χ1n) is 13.5. The minimum absolute atomic E-state index is 0.0840. The van der Waals surface area contributed by atoms with Gasteiger partial charge in [-0.25, -0.2) is 9.59 Å². The molecule has 2 aromatic rings. The van der Waals surface area contributed by atoms with Crippen LogP contribution in [-0.2, 0) is 30.3 Å². The van der Waals surface area contributed by atoms with E-state index in [0.717, 1.165) is 12.1 Å². The highest BCUT2D eigenvalue weighted by Gasteiger charge is 2.45. The van der Waals surface area contributed by atoms with Gasteiger partial charge in [-0.05, 0) is 36.6 Å². The van der Waals surface area contributed by atoms with Gasteiger partial charge in [-0.1, -0.05) is 42.8 Å². The predicted octanol–water partition coefficient (Wildman–Crippen LogP) is 3.70. The van der Waals surface area contributed by atoms with E-state index in [1.165, 1.54) is 7.11 Å². The molecule has 0 saturated carbocycles. The number of methoxy groups -OCH3 is 1. The van der Waals surface area contributed by atoms with Crippen LogP contribution in [0.15, 0.2) is 71.3 Å². The van der Waals surface area contributed by atoms with Gasteiger partial charge in [0.1, 0.15) is 5.60 Å². The topological polar surface area (TPSA) is 116 Å². The van der Waals surface area contributed by atoms with Crippen LogP contribution in [0.3, 0.4) is 0 Å². The molecule has 1 aromatic carbocycles. The van der Waals surface area contributed by atoms with Gasteiger partial charge in [0.15, 0.2) is 0 Å². The Balaban J connectivity index is 1.71. The fraction of sp³-hybridized carbons (Fsp3) is 0.433. The molecule has 0 bridgehead atoms. The third-order valence-electron chi connectivity index (χ3n) is 7.47. The third kappa shape index (κ3) is 6.55. The van der Waals surface area contributed by atoms with Gasteiger partial charge in [0.05, 0.1) is 43.1 Å². The summed E-state index contributed by atoms with van der Waals surface area (Å²) in [6, 6.07) is 11.1. The smallest absolute Gasteiger partial charge is 0.337 e. The van der Waals surface area contributed by atoms with Gasteiger partial charge in [-0.2, -0.15) is 0 Å². The van der Waals surface area contributed by atoms with Gasteiger partial charge in [0.2, 0.25) is 0 Å². The van der Waals surface area contributed by atoms with Crippen molar-refractivity contribution in [2.45, 2.75) is 44.8 Å². The molecule has 4 rings (SSSR count). The lowest BCUT2D eigenvalue weighted by atomic mass is 9.80. The predicted molar refractivity (Wildman–Crippen MR) is 152 cm³/mol. The number of dihydropyridines is 1. The number of nitrogens with two attached hydrogens (primary N) is 1. The molecular formula is C30H37ClN4O5. The summed E-state index contributed by atoms with van der Waals surface area (Å²) in [5, 5.41) is 3.64. The van der Waals surface area contributed by atoms with E-state index in [9.17, 15) is 9.59 Å². The van der Waals surface area contributed by atoms with Gasteiger partial charge in [0, 0.05) is 55.7 Å². The summed E-state index contributed by atoms with van der Waals surface area (Å²) in [4.78, 5) is 33.8. The highest BCUT2D eigenvalue weighted by Crippen LogP contribution is 2.43. The molecule has 0 spiro atoms. The number of likely N-dealkylation sites (tertiary alicyclic amines) is 1. The van der Waals surface area contributed by atoms with Crippen LogP contribution in [-0.4, -0.2) is 67.4 Å². The largest absolute Gasteiger partial charge is 0.466 e. The Labute approximate surface area is 240 Å². The van der Waals surface area contributed by atoms with E-state index >= 15 is 0 Å². The number of halogens is 1. The summed E-state index contributed by atoms with van der Waals surface area (Å²) in [7, 11) is 1.31. The van der Waals surface area contributed by atoms with E-state index in [1.54, 1.807) is 31.3 Å². The van der Waals surface area contributed by atoms with Crippen LogP contribution in [0.2, 0.25) is 5.02 Å². The minimum Gasteiger partial charge on any atom is -0.466 e. The maximum atomic E-state index is 14.2. The van der Waals surface area contributed by atoms with E-state index in [1.807, 2.05) is 31.3 Å². The molecule has 0 amide bonds. The van der Waals surface area contributed by atoms with Gasteiger partial charge < -0.3 is 25.3 Å². The summed E-state index contributed by atoms with van der Waals surface area (Å²) in [5.74, 6) is -1.90. The molecule has 3 heterocycles. The van der Waals surface area contributed by atoms with Crippen molar-refractivity contribution in [1.82, 2.24) is 15.2 Å². The highest BCUT2D eigenvalue weighted by atomic mass is 35.5. The number of aromatic nitrogens is 1. The zero-order chi connectivity index (χ0) is 28.7. The van der Waals surface area contributed by atoms with Crippen molar-refractivity contribution in [3.05, 3.63) is 87.5 Å². The Bertz CT molecular complexity index is 1280. The van der Waals surface area contributed by atoms with Gasteiger partial charge in [-0.15, -0.1) is 0 Å². The molecule has 214 valence electrons. The molecule has 2 aliphatic rings. The first kappa shape index (κ1) is 29.7. The Kier molecular flexibility index (Phi) is 9.97. The lowest BCUT2D eigenvalue weighted by Gasteiger charge is -2.34. The molecule has 3 N–H and O–H groups in total. The molecule has 1 fully saturated rings. The maximum absolute atomic E-state index is 14.2. The minimum atomic E-state index is -0.812. The normalized spacial score (nSPS) is 21.4. The second-order valence-electron chi connectivity index (χ2n) is 10.1. The van der Waals surface area contributed by atoms with E-state index < -0.39 is 23.5 Å². The number of pyridine rings is 1. The molecule has 0 radical (unpaired) electrons. The van der Waals surface area contributed by atoms with Crippen molar-refractivity contribution < 1.29 is 23.8 Å². The van der Waals surface area contributed by atoms with Gasteiger partial charge >= 0.3 is 11.9 Å². The standard InChI is InChI=1S/C30H37ClN4O5/c1-4-30(11-14-35(19-30)17-21-8-7-13-33-16-21)40-29(37)27-24(18-39-15-12-32)34-20(2)25(28(36)38-3)26(27)22-9-5-6-10-23(22)31/h5-10,13,16,26,34H,4,11-12,14-15,17-19,32H2,1-3H3/t26-,30-/m0/s1. The maximum Gasteiger partial charge on any atom is 0.337 e. The first-order valence-corrected chi connectivity index (χ1v) is 13.9. The number of benzene rings is 1. The summed E-state index contributed by atoms with van der Waals surface area (Å²) < 4.78 is 17.3. The number of allylic oxidation sites excluding steroid dienone is 1. The lowest BCUT2D eigenvalue weighted by molar-refractivity contribution is -0.154. The lowest BCUT2D eigenvalue weighted by Crippen LogP contribution is -2.41. The van der Waals surface area contributed by atoms with Crippen molar-refractivity contribution in [3.8, 4) is 0 Å². The van der Waals surface area contributed by atoms with Crippen LogP contribution >= 0.6 is 11.6 Å². The van der Waals surface area contributed by atoms with Crippen LogP contribution in [0.25, 0.3) is 0 Å². The molecule has 1 saturated heterocycles. The quantitative estimate of drug-likeness (QED) is 0.309. The van der Waals surface area contributed by atoms with Crippen LogP contribution in [0.5, 0.6) is 0 Å². The summed E-state index contributed by atoms with van der Waals surface area (Å²) in [6.07, 6.45) is 4.92. The van der Waals surface area contributed by atoms with E-state index in [-0.39, 0.29) is 12.2 Å². The Morgan fingerprint density at radius 1 is 1.20 bits per heavy atom. The van der Waals surface area contributed by atoms with Gasteiger partial charge in [-0.3, -0.25) is 9.88 Å². The van der Waals surface area contributed by atoms with E-state index in [4.69, 9.17) is 31.5 Å². The number of rotatable bonds is 11. The van der Waals surface area contributed by atoms with Crippen LogP contribution in [0.4, 0.5) is 0 Å². The van der Waals surface area contributed by atoms with Crippen LogP contribution < -0.4 is 11.1 Å². The van der Waals surface area contributed by atoms with Crippen molar-refractivity contribution in [2.24, 2.45) is 5.73 Å². The number of hydrogen-bond donors (Lipinski definition) is 2. The molecule has 2 atom stereocenters. The molecule has 10 heteroatoms. The van der Waals surface area contributed by atoms with E-state index in [2.05, 4.69) is 15.2 Å². The van der Waals surface area contributed by atoms with Gasteiger partial charge in [0.25, 0.3) is 0 Å². The molecule has 2 aliphatic heterocycles. The SMILES string of the molecule is CC[C@]1(OC(=O)C2=C(COCCN)NC(C)=C(C(=O)OC)[C@@H]2c2ccccc2Cl)CCN(Cc2cccnc2)C1. The zero-order valence-electron chi connectivity index (χ0n) is 23.2.